The van der Waals surface area contributed by atoms with Gasteiger partial charge in [0.05, 0.1) is 12.7 Å². The van der Waals surface area contributed by atoms with Crippen molar-refractivity contribution in [1.82, 2.24) is 0 Å². The van der Waals surface area contributed by atoms with Crippen molar-refractivity contribution >= 4 is 5.97 Å². The highest BCUT2D eigenvalue weighted by Gasteiger charge is 2.38. The molecule has 0 radical (unpaired) electrons. The van der Waals surface area contributed by atoms with Crippen LogP contribution in [-0.2, 0) is 9.53 Å². The third-order valence-electron chi connectivity index (χ3n) is 6.37. The van der Waals surface area contributed by atoms with Crippen LogP contribution in [0.5, 0.6) is 0 Å². The molecule has 4 heteroatoms. The Kier molecular flexibility index (Phi) is 7.99. The number of hydrogen-bond acceptors (Lipinski definition) is 3. The molecule has 0 aromatic heterocycles. The van der Waals surface area contributed by atoms with Crippen molar-refractivity contribution in [2.45, 2.75) is 90.3 Å². The van der Waals surface area contributed by atoms with Crippen LogP contribution in [-0.4, -0.2) is 30.0 Å². The second kappa shape index (κ2) is 9.74. The Bertz CT molecular complexity index is 371. The first-order chi connectivity index (χ1) is 11.6. The summed E-state index contributed by atoms with van der Waals surface area (Å²) >= 11 is 0. The van der Waals surface area contributed by atoms with Crippen LogP contribution in [0.2, 0.25) is 0 Å². The first-order valence-corrected chi connectivity index (χ1v) is 10.1. The van der Waals surface area contributed by atoms with Gasteiger partial charge in [-0.15, -0.1) is 0 Å². The van der Waals surface area contributed by atoms with Gasteiger partial charge in [-0.2, -0.15) is 0 Å². The molecule has 3 nitrogen and oxygen atoms in total. The summed E-state index contributed by atoms with van der Waals surface area (Å²) in [6.07, 6.45) is 8.81. The molecular weight excluding hydrogens is 307 g/mol. The molecule has 2 aliphatic carbocycles. The third-order valence-corrected chi connectivity index (χ3v) is 6.37. The van der Waals surface area contributed by atoms with Crippen LogP contribution in [0.3, 0.4) is 0 Å². The molecule has 2 rings (SSSR count). The summed E-state index contributed by atoms with van der Waals surface area (Å²) in [5.41, 5.74) is 0. The zero-order chi connectivity index (χ0) is 17.5. The van der Waals surface area contributed by atoms with E-state index in [4.69, 9.17) is 0 Å². The van der Waals surface area contributed by atoms with Gasteiger partial charge in [0, 0.05) is 0 Å². The molecule has 0 saturated heterocycles. The highest BCUT2D eigenvalue weighted by molar-refractivity contribution is 5.75. The van der Waals surface area contributed by atoms with Crippen LogP contribution >= 0.6 is 0 Å². The standard InChI is InChI=1S/C20H35FO3/c1-3-5-14-6-8-15(9-7-14)16-10-12-17(13-11-16)19(22)18(21)20(23)24-4-2/h14-19,22H,3-13H2,1-2H3. The van der Waals surface area contributed by atoms with Crippen molar-refractivity contribution in [3.05, 3.63) is 0 Å². The molecule has 0 bridgehead atoms. The highest BCUT2D eigenvalue weighted by Crippen LogP contribution is 2.43. The topological polar surface area (TPSA) is 46.5 Å². The lowest BCUT2D eigenvalue weighted by Gasteiger charge is -2.39. The number of carbonyl (C=O) groups is 1. The minimum Gasteiger partial charge on any atom is -0.464 e. The molecule has 24 heavy (non-hydrogen) atoms. The predicted molar refractivity (Wildman–Crippen MR) is 93.3 cm³/mol. The van der Waals surface area contributed by atoms with Gasteiger partial charge in [0.25, 0.3) is 0 Å². The van der Waals surface area contributed by atoms with E-state index in [1.165, 1.54) is 38.5 Å². The maximum atomic E-state index is 14.0. The summed E-state index contributed by atoms with van der Waals surface area (Å²) < 4.78 is 18.7. The van der Waals surface area contributed by atoms with Crippen LogP contribution in [0.15, 0.2) is 0 Å². The number of alkyl halides is 1. The van der Waals surface area contributed by atoms with Gasteiger partial charge in [0.15, 0.2) is 0 Å². The normalized spacial score (nSPS) is 33.7. The number of aliphatic hydroxyl groups excluding tert-OH is 1. The van der Waals surface area contributed by atoms with Gasteiger partial charge < -0.3 is 9.84 Å². The van der Waals surface area contributed by atoms with E-state index in [0.717, 1.165) is 43.4 Å². The Morgan fingerprint density at radius 3 is 2.08 bits per heavy atom. The number of hydrogen-bond donors (Lipinski definition) is 1. The highest BCUT2D eigenvalue weighted by atomic mass is 19.1. The van der Waals surface area contributed by atoms with E-state index in [1.807, 2.05) is 0 Å². The SMILES string of the molecule is CCCC1CCC(C2CCC(C(O)C(F)C(=O)OCC)CC2)CC1. The number of halogens is 1. The van der Waals surface area contributed by atoms with Crippen molar-refractivity contribution in [1.29, 1.82) is 0 Å². The molecule has 0 aliphatic heterocycles. The van der Waals surface area contributed by atoms with Crippen molar-refractivity contribution in [2.24, 2.45) is 23.7 Å². The lowest BCUT2D eigenvalue weighted by molar-refractivity contribution is -0.155. The zero-order valence-corrected chi connectivity index (χ0v) is 15.4. The maximum absolute atomic E-state index is 14.0. The first-order valence-electron chi connectivity index (χ1n) is 10.1. The fourth-order valence-corrected chi connectivity index (χ4v) is 4.91. The van der Waals surface area contributed by atoms with Gasteiger partial charge in [-0.25, -0.2) is 9.18 Å². The van der Waals surface area contributed by atoms with Crippen LogP contribution in [0.4, 0.5) is 4.39 Å². The van der Waals surface area contributed by atoms with E-state index in [9.17, 15) is 14.3 Å². The molecule has 0 amide bonds. The number of rotatable bonds is 7. The summed E-state index contributed by atoms with van der Waals surface area (Å²) in [4.78, 5) is 11.5. The van der Waals surface area contributed by atoms with Crippen LogP contribution in [0.1, 0.15) is 78.1 Å². The summed E-state index contributed by atoms with van der Waals surface area (Å²) in [5.74, 6) is 1.47. The quantitative estimate of drug-likeness (QED) is 0.684. The van der Waals surface area contributed by atoms with Crippen LogP contribution in [0.25, 0.3) is 0 Å². The van der Waals surface area contributed by atoms with Gasteiger partial charge in [-0.05, 0) is 69.1 Å². The van der Waals surface area contributed by atoms with Crippen molar-refractivity contribution in [3.8, 4) is 0 Å². The molecule has 0 aromatic carbocycles. The Morgan fingerprint density at radius 2 is 1.58 bits per heavy atom. The molecule has 140 valence electrons. The van der Waals surface area contributed by atoms with Gasteiger partial charge >= 0.3 is 5.97 Å². The second-order valence-electron chi connectivity index (χ2n) is 7.89. The van der Waals surface area contributed by atoms with Gasteiger partial charge in [0.2, 0.25) is 6.17 Å². The second-order valence-corrected chi connectivity index (χ2v) is 7.89. The fourth-order valence-electron chi connectivity index (χ4n) is 4.91. The Hall–Kier alpha value is -0.640. The number of aliphatic hydroxyl groups is 1. The molecule has 2 aliphatic rings. The summed E-state index contributed by atoms with van der Waals surface area (Å²) in [5, 5.41) is 10.2. The Morgan fingerprint density at radius 1 is 1.04 bits per heavy atom. The minimum atomic E-state index is -1.89. The molecule has 0 spiro atoms. The monoisotopic (exact) mass is 342 g/mol. The Labute approximate surface area is 146 Å². The zero-order valence-electron chi connectivity index (χ0n) is 15.4. The maximum Gasteiger partial charge on any atom is 0.343 e. The minimum absolute atomic E-state index is 0.0999. The van der Waals surface area contributed by atoms with Crippen molar-refractivity contribution < 1.29 is 19.0 Å². The average molecular weight is 342 g/mol. The summed E-state index contributed by atoms with van der Waals surface area (Å²) in [6, 6.07) is 0. The predicted octanol–water partition coefficient (Wildman–Crippen LogP) is 4.66. The van der Waals surface area contributed by atoms with Crippen LogP contribution in [0, 0.1) is 23.7 Å². The molecular formula is C20H35FO3. The van der Waals surface area contributed by atoms with E-state index < -0.39 is 18.2 Å². The molecule has 2 fully saturated rings. The van der Waals surface area contributed by atoms with E-state index in [1.54, 1.807) is 6.92 Å². The first kappa shape index (κ1) is 19.7. The number of ether oxygens (including phenoxy) is 1. The Balaban J connectivity index is 1.74. The average Bonchev–Trinajstić information content (AvgIpc) is 2.62. The molecule has 2 saturated carbocycles. The van der Waals surface area contributed by atoms with E-state index >= 15 is 0 Å². The van der Waals surface area contributed by atoms with Crippen molar-refractivity contribution in [3.63, 3.8) is 0 Å². The third kappa shape index (κ3) is 5.18. The van der Waals surface area contributed by atoms with E-state index in [-0.39, 0.29) is 12.5 Å². The molecule has 0 aromatic rings. The van der Waals surface area contributed by atoms with Gasteiger partial charge in [-0.3, -0.25) is 0 Å². The summed E-state index contributed by atoms with van der Waals surface area (Å²) in [6.45, 7) is 4.07. The fraction of sp³-hybridized carbons (Fsp3) is 0.950. The van der Waals surface area contributed by atoms with Crippen molar-refractivity contribution in [2.75, 3.05) is 6.61 Å². The molecule has 2 unspecified atom stereocenters. The number of esters is 1. The van der Waals surface area contributed by atoms with Gasteiger partial charge in [-0.1, -0.05) is 32.6 Å². The summed E-state index contributed by atoms with van der Waals surface area (Å²) in [7, 11) is 0. The largest absolute Gasteiger partial charge is 0.464 e. The lowest BCUT2D eigenvalue weighted by atomic mass is 9.68. The smallest absolute Gasteiger partial charge is 0.343 e. The van der Waals surface area contributed by atoms with Crippen LogP contribution < -0.4 is 0 Å². The lowest BCUT2D eigenvalue weighted by Crippen LogP contribution is -2.39. The molecule has 0 heterocycles. The van der Waals surface area contributed by atoms with E-state index in [0.29, 0.717) is 0 Å². The van der Waals surface area contributed by atoms with Gasteiger partial charge in [0.1, 0.15) is 0 Å². The molecule has 1 N–H and O–H groups in total. The molecule has 2 atom stereocenters. The number of carbonyl (C=O) groups excluding carboxylic acids is 1. The van der Waals surface area contributed by atoms with E-state index in [2.05, 4.69) is 11.7 Å².